The van der Waals surface area contributed by atoms with Crippen LogP contribution in [0.1, 0.15) is 0 Å². The number of carboxylic acids is 1. The number of carbonyl (C=O) groups is 2. The Kier molecular flexibility index (Phi) is 3.70. The Morgan fingerprint density at radius 1 is 1.38 bits per heavy atom. The number of hydrogen-bond donors (Lipinski definition) is 3. The molecule has 10 nitrogen and oxygen atoms in total. The van der Waals surface area contributed by atoms with E-state index in [0.717, 1.165) is 11.0 Å². The van der Waals surface area contributed by atoms with Crippen LogP contribution in [0.15, 0.2) is 10.9 Å². The van der Waals surface area contributed by atoms with Gasteiger partial charge in [0.1, 0.15) is 11.9 Å². The number of amides is 1. The van der Waals surface area contributed by atoms with Gasteiger partial charge in [0.2, 0.25) is 5.95 Å². The first-order chi connectivity index (χ1) is 9.81. The number of nitrogens with zero attached hydrogens (tertiary/aromatic N) is 4. The molecule has 1 fully saturated rings. The molecule has 1 unspecified atom stereocenters. The molecule has 10 heteroatoms. The molecule has 0 radical (unpaired) electrons. The molecule has 1 aliphatic rings. The lowest BCUT2D eigenvalue weighted by molar-refractivity contribution is -0.142. The molecule has 1 saturated heterocycles. The van der Waals surface area contributed by atoms with Crippen LogP contribution < -0.4 is 16.2 Å². The summed E-state index contributed by atoms with van der Waals surface area (Å²) in [6, 6.07) is -0.0688. The van der Waals surface area contributed by atoms with E-state index in [1.54, 1.807) is 0 Å². The predicted octanol–water partition coefficient (Wildman–Crippen LogP) is -1.38. The number of nitrogens with two attached hydrogens (primary N) is 1. The average Bonchev–Trinajstić information content (AvgIpc) is 2.42. The van der Waals surface area contributed by atoms with Crippen molar-refractivity contribution in [3.05, 3.63) is 16.4 Å². The minimum atomic E-state index is -1.29. The summed E-state index contributed by atoms with van der Waals surface area (Å²) in [7, 11) is 1.49. The Hall–Kier alpha value is -2.78. The highest BCUT2D eigenvalue weighted by Gasteiger charge is 2.36. The van der Waals surface area contributed by atoms with Crippen LogP contribution in [0.5, 0.6) is 0 Å². The van der Waals surface area contributed by atoms with E-state index in [2.05, 4.69) is 4.98 Å². The lowest BCUT2D eigenvalue weighted by atomic mass is 10.2. The molecule has 0 aliphatic carbocycles. The van der Waals surface area contributed by atoms with Gasteiger partial charge in [-0.15, -0.1) is 0 Å². The van der Waals surface area contributed by atoms with Gasteiger partial charge in [0, 0.05) is 26.2 Å². The number of carboxylic acid groups (broad SMARTS) is 2. The molecule has 21 heavy (non-hydrogen) atoms. The molecule has 1 aliphatic heterocycles. The third-order valence-corrected chi connectivity index (χ3v) is 3.33. The summed E-state index contributed by atoms with van der Waals surface area (Å²) in [4.78, 5) is 40.4. The monoisotopic (exact) mass is 297 g/mol. The van der Waals surface area contributed by atoms with Crippen molar-refractivity contribution in [2.75, 3.05) is 30.3 Å². The molecule has 1 atom stereocenters. The number of anilines is 2. The number of hydrogen-bond acceptors (Lipinski definition) is 6. The summed E-state index contributed by atoms with van der Waals surface area (Å²) in [6.07, 6.45) is -1.29. The molecule has 0 aromatic carbocycles. The fraction of sp³-hybridized carbons (Fsp3) is 0.455. The van der Waals surface area contributed by atoms with Crippen molar-refractivity contribution < 1.29 is 19.8 Å². The van der Waals surface area contributed by atoms with Gasteiger partial charge in [-0.1, -0.05) is 0 Å². The maximum Gasteiger partial charge on any atom is 0.408 e. The maximum atomic E-state index is 11.7. The standard InChI is InChI=1S/C11H15N5O5/c1-14-8(17)4-7(12)13-10(14)15-2-3-16(11(20)21)6(5-15)9(18)19/h4,6H,2-3,5,12H2,1H3,(H,18,19)(H,20,21). The largest absolute Gasteiger partial charge is 0.480 e. The van der Waals surface area contributed by atoms with Crippen LogP contribution in [-0.2, 0) is 11.8 Å². The SMILES string of the molecule is Cn1c(N2CCN(C(=O)O)C(C(=O)O)C2)nc(N)cc1=O. The van der Waals surface area contributed by atoms with Crippen LogP contribution in [0.3, 0.4) is 0 Å². The normalized spacial score (nSPS) is 18.6. The highest BCUT2D eigenvalue weighted by atomic mass is 16.4. The average molecular weight is 297 g/mol. The van der Waals surface area contributed by atoms with Crippen molar-refractivity contribution in [3.63, 3.8) is 0 Å². The van der Waals surface area contributed by atoms with E-state index >= 15 is 0 Å². The predicted molar refractivity (Wildman–Crippen MR) is 72.3 cm³/mol. The molecule has 0 bridgehead atoms. The van der Waals surface area contributed by atoms with E-state index in [0.29, 0.717) is 0 Å². The van der Waals surface area contributed by atoms with E-state index in [4.69, 9.17) is 15.9 Å². The smallest absolute Gasteiger partial charge is 0.408 e. The minimum absolute atomic E-state index is 0.00301. The zero-order valence-electron chi connectivity index (χ0n) is 11.3. The van der Waals surface area contributed by atoms with E-state index in [9.17, 15) is 14.4 Å². The topological polar surface area (TPSA) is 142 Å². The molecular formula is C11H15N5O5. The molecule has 2 heterocycles. The van der Waals surface area contributed by atoms with Gasteiger partial charge in [-0.05, 0) is 0 Å². The van der Waals surface area contributed by atoms with Crippen LogP contribution in [0.4, 0.5) is 16.6 Å². The molecule has 1 aromatic heterocycles. The summed E-state index contributed by atoms with van der Waals surface area (Å²) < 4.78 is 1.24. The Balaban J connectivity index is 2.34. The fourth-order valence-corrected chi connectivity index (χ4v) is 2.23. The van der Waals surface area contributed by atoms with Crippen LogP contribution in [0.2, 0.25) is 0 Å². The quantitative estimate of drug-likeness (QED) is 0.606. The van der Waals surface area contributed by atoms with E-state index < -0.39 is 18.1 Å². The molecule has 4 N–H and O–H groups in total. The van der Waals surface area contributed by atoms with E-state index in [1.165, 1.54) is 16.5 Å². The van der Waals surface area contributed by atoms with Gasteiger partial charge in [0.05, 0.1) is 6.54 Å². The molecule has 0 saturated carbocycles. The summed E-state index contributed by atoms with van der Waals surface area (Å²) in [5.74, 6) is -1.01. The maximum absolute atomic E-state index is 11.7. The van der Waals surface area contributed by atoms with E-state index in [1.807, 2.05) is 0 Å². The molecule has 114 valence electrons. The van der Waals surface area contributed by atoms with Gasteiger partial charge in [-0.2, -0.15) is 4.98 Å². The molecule has 1 aromatic rings. The first-order valence-electron chi connectivity index (χ1n) is 6.12. The lowest BCUT2D eigenvalue weighted by Gasteiger charge is -2.38. The lowest BCUT2D eigenvalue weighted by Crippen LogP contribution is -2.58. The van der Waals surface area contributed by atoms with Crippen LogP contribution in [0, 0.1) is 0 Å². The van der Waals surface area contributed by atoms with Gasteiger partial charge < -0.3 is 20.8 Å². The Labute approximate surface area is 119 Å². The van der Waals surface area contributed by atoms with Crippen molar-refractivity contribution in [2.24, 2.45) is 7.05 Å². The van der Waals surface area contributed by atoms with Crippen molar-refractivity contribution in [1.29, 1.82) is 0 Å². The summed E-state index contributed by atoms with van der Waals surface area (Å²) in [5.41, 5.74) is 5.16. The van der Waals surface area contributed by atoms with Gasteiger partial charge in [0.25, 0.3) is 5.56 Å². The molecular weight excluding hydrogens is 282 g/mol. The van der Waals surface area contributed by atoms with Crippen LogP contribution in [0.25, 0.3) is 0 Å². The Bertz CT molecular complexity index is 642. The first-order valence-corrected chi connectivity index (χ1v) is 6.12. The molecule has 2 rings (SSSR count). The minimum Gasteiger partial charge on any atom is -0.480 e. The van der Waals surface area contributed by atoms with Crippen LogP contribution >= 0.6 is 0 Å². The second kappa shape index (κ2) is 5.31. The number of piperazine rings is 1. The van der Waals surface area contributed by atoms with Crippen molar-refractivity contribution in [3.8, 4) is 0 Å². The zero-order chi connectivity index (χ0) is 15.7. The Morgan fingerprint density at radius 3 is 2.62 bits per heavy atom. The van der Waals surface area contributed by atoms with Crippen LogP contribution in [-0.4, -0.2) is 62.4 Å². The number of nitrogen functional groups attached to an aromatic ring is 1. The molecule has 1 amide bonds. The summed E-state index contributed by atoms with van der Waals surface area (Å²) in [5, 5.41) is 18.2. The highest BCUT2D eigenvalue weighted by Crippen LogP contribution is 2.17. The summed E-state index contributed by atoms with van der Waals surface area (Å²) >= 11 is 0. The number of rotatable bonds is 2. The van der Waals surface area contributed by atoms with E-state index in [-0.39, 0.29) is 37.0 Å². The highest BCUT2D eigenvalue weighted by molar-refractivity contribution is 5.80. The molecule has 0 spiro atoms. The van der Waals surface area contributed by atoms with Gasteiger partial charge in [0.15, 0.2) is 0 Å². The first kappa shape index (κ1) is 14.6. The van der Waals surface area contributed by atoms with Gasteiger partial charge >= 0.3 is 12.1 Å². The third-order valence-electron chi connectivity index (χ3n) is 3.33. The van der Waals surface area contributed by atoms with Crippen molar-refractivity contribution in [2.45, 2.75) is 6.04 Å². The van der Waals surface area contributed by atoms with Crippen molar-refractivity contribution in [1.82, 2.24) is 14.5 Å². The van der Waals surface area contributed by atoms with Gasteiger partial charge in [-0.3, -0.25) is 14.3 Å². The van der Waals surface area contributed by atoms with Gasteiger partial charge in [-0.25, -0.2) is 9.59 Å². The zero-order valence-corrected chi connectivity index (χ0v) is 11.3. The second-order valence-corrected chi connectivity index (χ2v) is 4.65. The summed E-state index contributed by atoms with van der Waals surface area (Å²) in [6.45, 7) is 0.113. The Morgan fingerprint density at radius 2 is 2.05 bits per heavy atom. The number of aromatic nitrogens is 2. The third kappa shape index (κ3) is 2.73. The second-order valence-electron chi connectivity index (χ2n) is 4.65. The fourth-order valence-electron chi connectivity index (χ4n) is 2.23. The number of aliphatic carboxylic acids is 1. The van der Waals surface area contributed by atoms with Crippen molar-refractivity contribution >= 4 is 23.8 Å².